The van der Waals surface area contributed by atoms with E-state index in [0.29, 0.717) is 0 Å². The van der Waals surface area contributed by atoms with E-state index in [-0.39, 0.29) is 0 Å². The summed E-state index contributed by atoms with van der Waals surface area (Å²) in [6.45, 7) is 3.84. The van der Waals surface area contributed by atoms with E-state index < -0.39 is 0 Å². The molecule has 0 spiro atoms. The smallest absolute Gasteiger partial charge is 0.235 e. The zero-order valence-electron chi connectivity index (χ0n) is 4.49. The molecule has 2 nitrogen and oxygen atoms in total. The van der Waals surface area contributed by atoms with Gasteiger partial charge in [-0.15, -0.1) is 0 Å². The maximum Gasteiger partial charge on any atom is 0.235 e. The Morgan fingerprint density at radius 1 is 1.57 bits per heavy atom. The zero-order valence-corrected chi connectivity index (χ0v) is 4.49. The molecule has 2 heteroatoms. The number of hydrogen-bond donors (Lipinski definition) is 1. The third kappa shape index (κ3) is 0.856. The van der Waals surface area contributed by atoms with Gasteiger partial charge >= 0.3 is 0 Å². The summed E-state index contributed by atoms with van der Waals surface area (Å²) in [7, 11) is 0. The summed E-state index contributed by atoms with van der Waals surface area (Å²) in [4.78, 5) is 0. The first-order valence-corrected chi connectivity index (χ1v) is 2.23. The molecule has 1 N–H and O–H groups in total. The fraction of sp³-hybridized carbons (Fsp3) is 0.400. The van der Waals surface area contributed by atoms with E-state index in [1.807, 2.05) is 13.8 Å². The third-order valence-corrected chi connectivity index (χ3v) is 0.786. The number of hydrogen-bond acceptors (Lipinski definition) is 2. The van der Waals surface area contributed by atoms with Crippen LogP contribution in [0.4, 0.5) is 0 Å². The van der Waals surface area contributed by atoms with Crippen LogP contribution in [0.2, 0.25) is 0 Å². The van der Waals surface area contributed by atoms with Gasteiger partial charge in [-0.05, 0) is 6.92 Å². The monoisotopic (exact) mass is 98.1 g/mol. The van der Waals surface area contributed by atoms with Crippen molar-refractivity contribution in [2.75, 3.05) is 0 Å². The predicted octanol–water partition coefficient (Wildman–Crippen LogP) is 0.977. The van der Waals surface area contributed by atoms with Crippen LogP contribution >= 0.6 is 0 Å². The van der Waals surface area contributed by atoms with E-state index in [2.05, 4.69) is 5.32 Å². The molecule has 1 aliphatic rings. The van der Waals surface area contributed by atoms with Gasteiger partial charge in [0, 0.05) is 12.6 Å². The Balaban J connectivity index is 2.42. The molecule has 1 heterocycles. The summed E-state index contributed by atoms with van der Waals surface area (Å²) >= 11 is 0. The van der Waals surface area contributed by atoms with Crippen molar-refractivity contribution in [2.45, 2.75) is 13.8 Å². The Hall–Kier alpha value is -0.660. The van der Waals surface area contributed by atoms with Crippen LogP contribution in [-0.4, -0.2) is 0 Å². The molecule has 0 aromatic rings. The van der Waals surface area contributed by atoms with Gasteiger partial charge in [0.25, 0.3) is 0 Å². The highest BCUT2D eigenvalue weighted by molar-refractivity contribution is 5.02. The second-order valence-electron chi connectivity index (χ2n) is 1.60. The molecule has 0 atom stereocenters. The van der Waals surface area contributed by atoms with Crippen LogP contribution in [0.1, 0.15) is 13.8 Å². The van der Waals surface area contributed by atoms with Gasteiger partial charge in [0.2, 0.25) is 6.23 Å². The molecule has 0 saturated heterocycles. The van der Waals surface area contributed by atoms with Crippen LogP contribution in [0.15, 0.2) is 12.0 Å². The Kier molecular flexibility index (Phi) is 0.929. The SMILES string of the molecule is C[C]1NC(C)=CO1. The first-order chi connectivity index (χ1) is 3.29. The maximum absolute atomic E-state index is 4.91. The molecule has 0 aromatic heterocycles. The van der Waals surface area contributed by atoms with Gasteiger partial charge in [-0.1, -0.05) is 0 Å². The summed E-state index contributed by atoms with van der Waals surface area (Å²) in [5.74, 6) is 0. The van der Waals surface area contributed by atoms with Crippen LogP contribution in [0.3, 0.4) is 0 Å². The topological polar surface area (TPSA) is 21.3 Å². The van der Waals surface area contributed by atoms with E-state index in [1.165, 1.54) is 0 Å². The Morgan fingerprint density at radius 3 is 2.43 bits per heavy atom. The molecular formula is C5H8NO. The molecule has 0 fully saturated rings. The lowest BCUT2D eigenvalue weighted by molar-refractivity contribution is 0.275. The van der Waals surface area contributed by atoms with Crippen LogP contribution in [0.5, 0.6) is 0 Å². The van der Waals surface area contributed by atoms with Gasteiger partial charge in [0.05, 0.1) is 0 Å². The number of allylic oxidation sites excluding steroid dienone is 1. The van der Waals surface area contributed by atoms with Crippen LogP contribution in [0, 0.1) is 6.23 Å². The van der Waals surface area contributed by atoms with Gasteiger partial charge in [-0.25, -0.2) is 0 Å². The second kappa shape index (κ2) is 1.45. The largest absolute Gasteiger partial charge is 0.468 e. The van der Waals surface area contributed by atoms with Crippen molar-refractivity contribution < 1.29 is 4.74 Å². The minimum absolute atomic E-state index is 0.859. The van der Waals surface area contributed by atoms with E-state index >= 15 is 0 Å². The minimum atomic E-state index is 0.859. The number of rotatable bonds is 0. The van der Waals surface area contributed by atoms with Crippen molar-refractivity contribution >= 4 is 0 Å². The summed E-state index contributed by atoms with van der Waals surface area (Å²) in [6, 6.07) is 0. The molecule has 1 radical (unpaired) electrons. The van der Waals surface area contributed by atoms with Crippen molar-refractivity contribution in [3.05, 3.63) is 18.2 Å². The highest BCUT2D eigenvalue weighted by atomic mass is 16.5. The van der Waals surface area contributed by atoms with E-state index in [9.17, 15) is 0 Å². The van der Waals surface area contributed by atoms with E-state index in [4.69, 9.17) is 4.74 Å². The zero-order chi connectivity index (χ0) is 5.28. The van der Waals surface area contributed by atoms with Crippen LogP contribution in [-0.2, 0) is 4.74 Å². The number of nitrogens with one attached hydrogen (secondary N) is 1. The van der Waals surface area contributed by atoms with Crippen molar-refractivity contribution in [3.8, 4) is 0 Å². The normalized spacial score (nSPS) is 20.6. The molecule has 0 amide bonds. The van der Waals surface area contributed by atoms with Crippen LogP contribution < -0.4 is 5.32 Å². The quantitative estimate of drug-likeness (QED) is 0.487. The van der Waals surface area contributed by atoms with Crippen molar-refractivity contribution in [1.29, 1.82) is 0 Å². The summed E-state index contributed by atoms with van der Waals surface area (Å²) in [6.07, 6.45) is 2.55. The first-order valence-electron chi connectivity index (χ1n) is 2.23. The number of ether oxygens (including phenoxy) is 1. The minimum Gasteiger partial charge on any atom is -0.468 e. The van der Waals surface area contributed by atoms with E-state index in [0.717, 1.165) is 11.9 Å². The van der Waals surface area contributed by atoms with Crippen molar-refractivity contribution in [3.63, 3.8) is 0 Å². The fourth-order valence-corrected chi connectivity index (χ4v) is 0.513. The summed E-state index contributed by atoms with van der Waals surface area (Å²) in [5, 5.41) is 2.97. The average Bonchev–Trinajstić information content (AvgIpc) is 1.87. The van der Waals surface area contributed by atoms with Gasteiger partial charge in [-0.3, -0.25) is 0 Å². The Bertz CT molecular complexity index is 98.3. The highest BCUT2D eigenvalue weighted by Crippen LogP contribution is 2.08. The molecule has 1 aliphatic heterocycles. The summed E-state index contributed by atoms with van der Waals surface area (Å²) < 4.78 is 4.91. The van der Waals surface area contributed by atoms with Crippen molar-refractivity contribution in [2.24, 2.45) is 0 Å². The van der Waals surface area contributed by atoms with Gasteiger partial charge in [-0.2, -0.15) is 0 Å². The van der Waals surface area contributed by atoms with Gasteiger partial charge in [0.15, 0.2) is 0 Å². The molecule has 0 unspecified atom stereocenters. The molecule has 1 rings (SSSR count). The lowest BCUT2D eigenvalue weighted by atomic mass is 10.5. The predicted molar refractivity (Wildman–Crippen MR) is 26.9 cm³/mol. The molecule has 0 bridgehead atoms. The first kappa shape index (κ1) is 4.50. The van der Waals surface area contributed by atoms with Crippen molar-refractivity contribution in [1.82, 2.24) is 5.32 Å². The molecule has 0 aliphatic carbocycles. The van der Waals surface area contributed by atoms with Gasteiger partial charge in [0.1, 0.15) is 6.26 Å². The average molecular weight is 98.1 g/mol. The second-order valence-corrected chi connectivity index (χ2v) is 1.60. The lowest BCUT2D eigenvalue weighted by Crippen LogP contribution is -2.08. The Labute approximate surface area is 43.2 Å². The lowest BCUT2D eigenvalue weighted by Gasteiger charge is -1.98. The van der Waals surface area contributed by atoms with E-state index in [1.54, 1.807) is 6.26 Å². The molecule has 7 heavy (non-hydrogen) atoms. The standard InChI is InChI=1S/C5H8NO/c1-4-3-7-5(2)6-4/h3,6H,1-2H3. The molecule has 39 valence electrons. The summed E-state index contributed by atoms with van der Waals surface area (Å²) in [5.41, 5.74) is 1.07. The third-order valence-electron chi connectivity index (χ3n) is 0.786. The molecule has 0 aromatic carbocycles. The van der Waals surface area contributed by atoms with Gasteiger partial charge < -0.3 is 10.1 Å². The highest BCUT2D eigenvalue weighted by Gasteiger charge is 2.07. The van der Waals surface area contributed by atoms with Crippen LogP contribution in [0.25, 0.3) is 0 Å². The Morgan fingerprint density at radius 2 is 2.29 bits per heavy atom. The fourth-order valence-electron chi connectivity index (χ4n) is 0.513. The maximum atomic E-state index is 4.91. The molecular weight excluding hydrogens is 90.1 g/mol. The molecule has 0 saturated carbocycles.